The molecule has 16 unspecified atom stereocenters. The van der Waals surface area contributed by atoms with Crippen LogP contribution < -0.4 is 16.0 Å². The molecule has 0 aromatic heterocycles. The lowest BCUT2D eigenvalue weighted by molar-refractivity contribution is -0.165. The number of aliphatic hydroxyl groups is 2. The maximum Gasteiger partial charge on any atom is 0.330 e. The number of nitrogens with one attached hydrogen (secondary N) is 3. The Kier molecular flexibility index (Phi) is 82.3. The third-order valence-electron chi connectivity index (χ3n) is 18.8. The van der Waals surface area contributed by atoms with Gasteiger partial charge in [-0.1, -0.05) is 171 Å². The zero-order chi connectivity index (χ0) is 95.1. The molecule has 0 radical (unpaired) electrons. The molecule has 120 heavy (non-hydrogen) atoms. The molecule has 696 valence electrons. The summed E-state index contributed by atoms with van der Waals surface area (Å²) < 4.78 is 35.5. The van der Waals surface area contributed by atoms with Crippen molar-refractivity contribution in [1.82, 2.24) is 16.0 Å². The SMILES string of the molecule is C=C(C)C(=O)NCCOC(=O)C(C)CC.C=C(C)C(=O)NCCOC(=O)C(C)CC.C=C(C)C(=O)NCCOC(=O)C(C)CC.C=CC(=O)OCC1CCC(OC(=O)C(C)CC)C(O)C1.C=CC(=O)OCC1CCC(OC(=O)C(C)CC)C(O)C1.CCC(C)C(=O)O.CCC(C)C(=O)O.CCC(C)C(=O)O.CCC(C)C(=O)O.CCC(C)C(=O)O. The van der Waals surface area contributed by atoms with E-state index in [9.17, 15) is 82.1 Å². The fraction of sp³-hybridized carbons (Fsp3) is 0.716. The molecule has 2 aliphatic rings. The van der Waals surface area contributed by atoms with Gasteiger partial charge >= 0.3 is 71.6 Å². The number of carboxylic acids is 5. The molecule has 2 aliphatic carbocycles. The van der Waals surface area contributed by atoms with Gasteiger partial charge in [0.2, 0.25) is 17.7 Å². The number of aliphatic hydroxyl groups excluding tert-OH is 2. The van der Waals surface area contributed by atoms with E-state index < -0.39 is 66.2 Å². The van der Waals surface area contributed by atoms with Gasteiger partial charge in [-0.3, -0.25) is 62.3 Å². The summed E-state index contributed by atoms with van der Waals surface area (Å²) in [6.07, 6.45) is 11.0. The molecule has 16 atom stereocenters. The van der Waals surface area contributed by atoms with E-state index in [1.807, 2.05) is 104 Å². The Labute approximate surface area is 715 Å². The second-order valence-corrected chi connectivity index (χ2v) is 29.5. The van der Waals surface area contributed by atoms with Crippen LogP contribution in [0.3, 0.4) is 0 Å². The molecule has 32 nitrogen and oxygen atoms in total. The van der Waals surface area contributed by atoms with Crippen molar-refractivity contribution in [1.29, 1.82) is 0 Å². The average Bonchev–Trinajstić information content (AvgIpc) is 0.864. The van der Waals surface area contributed by atoms with Crippen LogP contribution in [0, 0.1) is 71.0 Å². The van der Waals surface area contributed by atoms with E-state index in [0.717, 1.165) is 89.2 Å². The van der Waals surface area contributed by atoms with E-state index in [2.05, 4.69) is 48.8 Å². The van der Waals surface area contributed by atoms with Gasteiger partial charge in [-0.25, -0.2) is 9.59 Å². The number of carbonyl (C=O) groups is 15. The lowest BCUT2D eigenvalue weighted by atomic mass is 9.85. The van der Waals surface area contributed by atoms with E-state index in [1.54, 1.807) is 55.4 Å². The van der Waals surface area contributed by atoms with Crippen molar-refractivity contribution in [2.75, 3.05) is 52.7 Å². The third-order valence-corrected chi connectivity index (χ3v) is 18.8. The minimum absolute atomic E-state index is 0.0816. The highest BCUT2D eigenvalue weighted by Crippen LogP contribution is 2.29. The van der Waals surface area contributed by atoms with Crippen molar-refractivity contribution >= 4 is 89.4 Å². The van der Waals surface area contributed by atoms with Crippen LogP contribution in [-0.4, -0.2) is 202 Å². The summed E-state index contributed by atoms with van der Waals surface area (Å²) in [6, 6.07) is 0. The monoisotopic (exact) mass is 1720 g/mol. The first-order chi connectivity index (χ1) is 55.8. The standard InChI is InChI=1S/2C15H24O5.3C11H19NO3.5C5H10O2/c2*1-4-10(3)15(18)20-13-7-6-11(8-12(13)16)9-19-14(17)5-2;3*1-5-9(4)11(14)15-7-6-12-10(13)8(2)3;5*1-3-4(2)5(6)7/h2*5,10-13,16H,2,4,6-9H2,1,3H3;3*9H,2,5-7H2,1,3-4H3,(H,12,13);5*4H,3H2,1-2H3,(H,6,7). The van der Waals surface area contributed by atoms with Crippen LogP contribution in [0.25, 0.3) is 0 Å². The van der Waals surface area contributed by atoms with E-state index in [4.69, 9.17) is 58.7 Å². The normalized spacial score (nSPS) is 17.4. The molecule has 10 N–H and O–H groups in total. The maximum atomic E-state index is 11.7. The topological polar surface area (TPSA) is 498 Å². The molecule has 0 spiro atoms. The lowest BCUT2D eigenvalue weighted by Crippen LogP contribution is -2.39. The quantitative estimate of drug-likeness (QED) is 0.0118. The Morgan fingerprint density at radius 3 is 0.667 bits per heavy atom. The molecule has 0 aromatic carbocycles. The van der Waals surface area contributed by atoms with Crippen molar-refractivity contribution in [3.63, 3.8) is 0 Å². The third kappa shape index (κ3) is 72.7. The van der Waals surface area contributed by atoms with Crippen molar-refractivity contribution in [3.05, 3.63) is 61.8 Å². The Morgan fingerprint density at radius 2 is 0.517 bits per heavy atom. The fourth-order valence-corrected chi connectivity index (χ4v) is 7.57. The summed E-state index contributed by atoms with van der Waals surface area (Å²) in [4.78, 5) is 162. The van der Waals surface area contributed by atoms with Crippen LogP contribution in [0.15, 0.2) is 61.8 Å². The van der Waals surface area contributed by atoms with E-state index >= 15 is 0 Å². The summed E-state index contributed by atoms with van der Waals surface area (Å²) in [5.74, 6) is -7.48. The molecule has 2 fully saturated rings. The van der Waals surface area contributed by atoms with Crippen LogP contribution in [0.4, 0.5) is 0 Å². The molecule has 0 saturated heterocycles. The highest BCUT2D eigenvalue weighted by atomic mass is 16.6. The molecule has 3 amide bonds. The first kappa shape index (κ1) is 126. The fourth-order valence-electron chi connectivity index (χ4n) is 7.57. The molecule has 32 heteroatoms. The zero-order valence-corrected chi connectivity index (χ0v) is 76.5. The number of hydrogen-bond donors (Lipinski definition) is 10. The van der Waals surface area contributed by atoms with Crippen LogP contribution in [-0.2, 0) is 105 Å². The van der Waals surface area contributed by atoms with Gasteiger partial charge in [0.15, 0.2) is 0 Å². The van der Waals surface area contributed by atoms with Gasteiger partial charge < -0.3 is 84.9 Å². The number of hydrogen-bond acceptors (Lipinski definition) is 24. The number of amides is 3. The Balaban J connectivity index is -0.000000199. The molecule has 2 saturated carbocycles. The highest BCUT2D eigenvalue weighted by molar-refractivity contribution is 5.93. The second-order valence-electron chi connectivity index (χ2n) is 29.5. The van der Waals surface area contributed by atoms with Crippen LogP contribution >= 0.6 is 0 Å². The molecular weight excluding hydrogens is 1560 g/mol. The average molecular weight is 1720 g/mol. The number of aliphatic carboxylic acids is 5. The van der Waals surface area contributed by atoms with Gasteiger partial charge in [0.1, 0.15) is 32.0 Å². The van der Waals surface area contributed by atoms with Gasteiger partial charge in [0.05, 0.1) is 104 Å². The first-order valence-electron chi connectivity index (χ1n) is 41.6. The van der Waals surface area contributed by atoms with Crippen molar-refractivity contribution in [3.8, 4) is 0 Å². The minimum Gasteiger partial charge on any atom is -0.481 e. The predicted molar refractivity (Wildman–Crippen MR) is 458 cm³/mol. The predicted octanol–water partition coefficient (Wildman–Crippen LogP) is 13.1. The Hall–Kier alpha value is -9.33. The molecule has 0 aromatic rings. The van der Waals surface area contributed by atoms with Crippen molar-refractivity contribution in [2.24, 2.45) is 71.0 Å². The van der Waals surface area contributed by atoms with E-state index in [-0.39, 0.29) is 152 Å². The number of ether oxygens (including phenoxy) is 7. The first-order valence-corrected chi connectivity index (χ1v) is 41.6. The minimum atomic E-state index is -0.706. The van der Waals surface area contributed by atoms with Crippen LogP contribution in [0.2, 0.25) is 0 Å². The molecule has 0 aliphatic heterocycles. The largest absolute Gasteiger partial charge is 0.481 e. The van der Waals surface area contributed by atoms with Gasteiger partial charge in [-0.05, 0) is 135 Å². The Morgan fingerprint density at radius 1 is 0.325 bits per heavy atom. The number of carbonyl (C=O) groups excluding carboxylic acids is 10. The summed E-state index contributed by atoms with van der Waals surface area (Å²) in [5, 5.41) is 68.7. The van der Waals surface area contributed by atoms with Crippen LogP contribution in [0.1, 0.15) is 262 Å². The van der Waals surface area contributed by atoms with Crippen molar-refractivity contribution in [2.45, 2.75) is 286 Å². The van der Waals surface area contributed by atoms with E-state index in [1.165, 1.54) is 0 Å². The van der Waals surface area contributed by atoms with Gasteiger partial charge in [0, 0.05) is 28.9 Å². The van der Waals surface area contributed by atoms with Gasteiger partial charge in [0.25, 0.3) is 0 Å². The number of esters is 7. The molecule has 2 rings (SSSR count). The zero-order valence-electron chi connectivity index (χ0n) is 76.5. The lowest BCUT2D eigenvalue weighted by Gasteiger charge is -2.32. The van der Waals surface area contributed by atoms with Gasteiger partial charge in [-0.2, -0.15) is 0 Å². The van der Waals surface area contributed by atoms with E-state index in [0.29, 0.717) is 62.0 Å². The smallest absolute Gasteiger partial charge is 0.330 e. The number of rotatable bonds is 40. The highest BCUT2D eigenvalue weighted by Gasteiger charge is 2.35. The van der Waals surface area contributed by atoms with Crippen molar-refractivity contribution < 1.29 is 141 Å². The maximum absolute atomic E-state index is 11.7. The summed E-state index contributed by atoms with van der Waals surface area (Å²) >= 11 is 0. The van der Waals surface area contributed by atoms with Crippen LogP contribution in [0.5, 0.6) is 0 Å². The summed E-state index contributed by atoms with van der Waals surface area (Å²) in [7, 11) is 0. The molecule has 0 bridgehead atoms. The van der Waals surface area contributed by atoms with Gasteiger partial charge in [-0.15, -0.1) is 0 Å². The Bertz CT molecular complexity index is 2720. The number of carboxylic acid groups (broad SMARTS) is 5. The second kappa shape index (κ2) is 78.2. The summed E-state index contributed by atoms with van der Waals surface area (Å²) in [5.41, 5.74) is 1.34. The summed E-state index contributed by atoms with van der Waals surface area (Å²) in [6.45, 7) is 60.6. The molecular formula is C88H155N3O29. The molecule has 0 heterocycles.